The molecule has 0 spiro atoms. The fourth-order valence-electron chi connectivity index (χ4n) is 1.37. The van der Waals surface area contributed by atoms with Crippen LogP contribution < -0.4 is 0 Å². The Morgan fingerprint density at radius 2 is 2.36 bits per heavy atom. The molecule has 0 saturated carbocycles. The molecule has 1 unspecified atom stereocenters. The van der Waals surface area contributed by atoms with Gasteiger partial charge in [-0.2, -0.15) is 15.0 Å². The summed E-state index contributed by atoms with van der Waals surface area (Å²) in [6, 6.07) is 0. The lowest BCUT2D eigenvalue weighted by Crippen LogP contribution is -2.02. The van der Waals surface area contributed by atoms with Crippen molar-refractivity contribution in [2.24, 2.45) is 13.0 Å². The number of aryl methyl sites for hydroxylation is 1. The molecule has 1 aliphatic rings. The van der Waals surface area contributed by atoms with E-state index < -0.39 is 0 Å². The Hall–Kier alpha value is -1.12. The third-order valence-electron chi connectivity index (χ3n) is 1.91. The van der Waals surface area contributed by atoms with E-state index in [1.165, 1.54) is 0 Å². The summed E-state index contributed by atoms with van der Waals surface area (Å²) >= 11 is 0. The van der Waals surface area contributed by atoms with Crippen molar-refractivity contribution in [1.29, 1.82) is 0 Å². The van der Waals surface area contributed by atoms with Gasteiger partial charge in [0.25, 0.3) is 0 Å². The van der Waals surface area contributed by atoms with Gasteiger partial charge in [-0.3, -0.25) is 0 Å². The number of allylic oxidation sites excluding steroid dienone is 1. The monoisotopic (exact) mass is 149 g/mol. The molecule has 0 amide bonds. The summed E-state index contributed by atoms with van der Waals surface area (Å²) in [6.45, 7) is 2.19. The molecule has 58 valence electrons. The molecule has 0 N–H and O–H groups in total. The van der Waals surface area contributed by atoms with Crippen molar-refractivity contribution in [1.82, 2.24) is 15.0 Å². The highest BCUT2D eigenvalue weighted by Gasteiger charge is 2.13. The van der Waals surface area contributed by atoms with Crippen molar-refractivity contribution in [3.8, 4) is 0 Å². The van der Waals surface area contributed by atoms with Crippen LogP contribution in [0.25, 0.3) is 6.08 Å². The first-order valence-electron chi connectivity index (χ1n) is 3.84. The predicted octanol–water partition coefficient (Wildman–Crippen LogP) is 1.02. The first-order chi connectivity index (χ1) is 5.25. The summed E-state index contributed by atoms with van der Waals surface area (Å²) in [4.78, 5) is 1.63. The normalized spacial score (nSPS) is 21.8. The average Bonchev–Trinajstić information content (AvgIpc) is 2.27. The van der Waals surface area contributed by atoms with E-state index in [9.17, 15) is 0 Å². The molecular weight excluding hydrogens is 138 g/mol. The third-order valence-corrected chi connectivity index (χ3v) is 1.91. The third kappa shape index (κ3) is 1.06. The summed E-state index contributed by atoms with van der Waals surface area (Å²) in [5.74, 6) is 0.610. The lowest BCUT2D eigenvalue weighted by molar-refractivity contribution is 0.631. The summed E-state index contributed by atoms with van der Waals surface area (Å²) in [5, 5.41) is 8.46. The van der Waals surface area contributed by atoms with Crippen LogP contribution >= 0.6 is 0 Å². The van der Waals surface area contributed by atoms with Crippen LogP contribution in [0.5, 0.6) is 0 Å². The molecule has 2 rings (SSSR count). The molecular formula is C8H11N3. The number of nitrogens with zero attached hydrogens (tertiary/aromatic N) is 3. The standard InChI is InChI=1S/C8H11N3/c1-6-3-4-7-8(5-6)10-11(2)9-7/h3-4,6H,5H2,1-2H3. The fourth-order valence-corrected chi connectivity index (χ4v) is 1.37. The molecule has 1 aliphatic carbocycles. The Morgan fingerprint density at radius 1 is 1.55 bits per heavy atom. The van der Waals surface area contributed by atoms with Gasteiger partial charge in [0.15, 0.2) is 0 Å². The highest BCUT2D eigenvalue weighted by molar-refractivity contribution is 5.49. The molecule has 0 aliphatic heterocycles. The number of aromatic nitrogens is 3. The second-order valence-corrected chi connectivity index (χ2v) is 3.06. The number of rotatable bonds is 0. The van der Waals surface area contributed by atoms with Gasteiger partial charge in [0.1, 0.15) is 5.69 Å². The molecule has 3 nitrogen and oxygen atoms in total. The molecule has 3 heteroatoms. The van der Waals surface area contributed by atoms with Gasteiger partial charge >= 0.3 is 0 Å². The summed E-state index contributed by atoms with van der Waals surface area (Å²) in [6.07, 6.45) is 5.26. The van der Waals surface area contributed by atoms with Gasteiger partial charge in [-0.05, 0) is 18.4 Å². The van der Waals surface area contributed by atoms with E-state index >= 15 is 0 Å². The topological polar surface area (TPSA) is 30.7 Å². The van der Waals surface area contributed by atoms with Crippen LogP contribution in [0.1, 0.15) is 18.3 Å². The highest BCUT2D eigenvalue weighted by atomic mass is 15.5. The smallest absolute Gasteiger partial charge is 0.108 e. The molecule has 1 atom stereocenters. The second kappa shape index (κ2) is 2.19. The summed E-state index contributed by atoms with van der Waals surface area (Å²) in [5.41, 5.74) is 2.16. The van der Waals surface area contributed by atoms with Gasteiger partial charge in [-0.1, -0.05) is 13.0 Å². The second-order valence-electron chi connectivity index (χ2n) is 3.06. The minimum absolute atomic E-state index is 0.610. The minimum atomic E-state index is 0.610. The SMILES string of the molecule is CC1C=Cc2nn(C)nc2C1. The van der Waals surface area contributed by atoms with Crippen molar-refractivity contribution >= 4 is 6.08 Å². The van der Waals surface area contributed by atoms with E-state index in [1.54, 1.807) is 4.80 Å². The fraction of sp³-hybridized carbons (Fsp3) is 0.500. The van der Waals surface area contributed by atoms with E-state index in [2.05, 4.69) is 29.3 Å². The van der Waals surface area contributed by atoms with Crippen molar-refractivity contribution in [3.63, 3.8) is 0 Å². The molecule has 0 radical (unpaired) electrons. The van der Waals surface area contributed by atoms with E-state index in [0.29, 0.717) is 5.92 Å². The highest BCUT2D eigenvalue weighted by Crippen LogP contribution is 2.18. The van der Waals surface area contributed by atoms with E-state index in [1.807, 2.05) is 7.05 Å². The zero-order chi connectivity index (χ0) is 7.84. The molecule has 1 heterocycles. The number of hydrogen-bond donors (Lipinski definition) is 0. The maximum absolute atomic E-state index is 4.26. The van der Waals surface area contributed by atoms with Gasteiger partial charge < -0.3 is 0 Å². The van der Waals surface area contributed by atoms with Crippen LogP contribution in [0.4, 0.5) is 0 Å². The minimum Gasteiger partial charge on any atom is -0.187 e. The molecule has 1 aromatic heterocycles. The lowest BCUT2D eigenvalue weighted by Gasteiger charge is -2.07. The van der Waals surface area contributed by atoms with Crippen LogP contribution in [0, 0.1) is 5.92 Å². The van der Waals surface area contributed by atoms with Crippen LogP contribution in [0.2, 0.25) is 0 Å². The van der Waals surface area contributed by atoms with Gasteiger partial charge in [0.2, 0.25) is 0 Å². The average molecular weight is 149 g/mol. The Labute approximate surface area is 65.7 Å². The van der Waals surface area contributed by atoms with E-state index in [-0.39, 0.29) is 0 Å². The molecule has 0 aromatic carbocycles. The zero-order valence-corrected chi connectivity index (χ0v) is 6.78. The van der Waals surface area contributed by atoms with Crippen molar-refractivity contribution in [2.75, 3.05) is 0 Å². The zero-order valence-electron chi connectivity index (χ0n) is 6.78. The van der Waals surface area contributed by atoms with Crippen LogP contribution in [-0.4, -0.2) is 15.0 Å². The van der Waals surface area contributed by atoms with Crippen LogP contribution in [-0.2, 0) is 13.5 Å². The van der Waals surface area contributed by atoms with Gasteiger partial charge in [-0.25, -0.2) is 0 Å². The maximum atomic E-state index is 4.26. The van der Waals surface area contributed by atoms with Gasteiger partial charge in [-0.15, -0.1) is 0 Å². The Balaban J connectivity index is 2.44. The molecule has 11 heavy (non-hydrogen) atoms. The maximum Gasteiger partial charge on any atom is 0.108 e. The summed E-state index contributed by atoms with van der Waals surface area (Å²) < 4.78 is 0. The van der Waals surface area contributed by atoms with Gasteiger partial charge in [0.05, 0.1) is 5.69 Å². The lowest BCUT2D eigenvalue weighted by atomic mass is 9.99. The summed E-state index contributed by atoms with van der Waals surface area (Å²) in [7, 11) is 1.86. The van der Waals surface area contributed by atoms with Gasteiger partial charge in [0, 0.05) is 7.05 Å². The number of fused-ring (bicyclic) bond motifs is 1. The molecule has 0 bridgehead atoms. The van der Waals surface area contributed by atoms with Crippen molar-refractivity contribution in [3.05, 3.63) is 17.5 Å². The van der Waals surface area contributed by atoms with Crippen LogP contribution in [0.15, 0.2) is 6.08 Å². The van der Waals surface area contributed by atoms with Crippen LogP contribution in [0.3, 0.4) is 0 Å². The Bertz CT molecular complexity index is 298. The van der Waals surface area contributed by atoms with E-state index in [4.69, 9.17) is 0 Å². The molecule has 1 aromatic rings. The predicted molar refractivity (Wildman–Crippen MR) is 42.9 cm³/mol. The molecule has 0 saturated heterocycles. The van der Waals surface area contributed by atoms with E-state index in [0.717, 1.165) is 17.8 Å². The Morgan fingerprint density at radius 3 is 3.18 bits per heavy atom. The first kappa shape index (κ1) is 6.58. The quantitative estimate of drug-likeness (QED) is 0.551. The molecule has 0 fully saturated rings. The number of hydrogen-bond acceptors (Lipinski definition) is 2. The first-order valence-corrected chi connectivity index (χ1v) is 3.84. The van der Waals surface area contributed by atoms with Crippen molar-refractivity contribution < 1.29 is 0 Å². The largest absolute Gasteiger partial charge is 0.187 e. The van der Waals surface area contributed by atoms with Crippen molar-refractivity contribution in [2.45, 2.75) is 13.3 Å². The Kier molecular flexibility index (Phi) is 1.31.